The van der Waals surface area contributed by atoms with Crippen LogP contribution in [-0.2, 0) is 25.4 Å². The molecular formula is C29H36N2O11. The maximum absolute atomic E-state index is 13.3. The summed E-state index contributed by atoms with van der Waals surface area (Å²) in [5.41, 5.74) is -1.12. The number of non-ortho nitro benzene ring substituents is 1. The molecule has 1 amide bonds. The summed E-state index contributed by atoms with van der Waals surface area (Å²) in [6, 6.07) is 11.1. The van der Waals surface area contributed by atoms with E-state index < -0.39 is 52.8 Å². The van der Waals surface area contributed by atoms with Gasteiger partial charge in [-0.1, -0.05) is 12.1 Å². The first-order chi connectivity index (χ1) is 19.5. The van der Waals surface area contributed by atoms with E-state index in [-0.39, 0.29) is 24.4 Å². The summed E-state index contributed by atoms with van der Waals surface area (Å²) in [4.78, 5) is 50.6. The fourth-order valence-corrected chi connectivity index (χ4v) is 4.14. The standard InChI is InChI=1S/C29H36N2O11/c1-28(2,3)41-25(32)30-17-23(39-27(34)42-29(4,5)6)24(22(30)16-18-8-12-20(37-7)13-9-18)40-26(33)38-21-14-10-19(11-15-21)31(35)36/h8-15,22-24H,16-17H2,1-7H3/t22-,23?,24+/m1/s1. The van der Waals surface area contributed by atoms with Crippen molar-refractivity contribution in [2.24, 2.45) is 0 Å². The molecule has 0 aromatic heterocycles. The molecule has 0 bridgehead atoms. The van der Waals surface area contributed by atoms with Crippen LogP contribution in [-0.4, -0.2) is 71.3 Å². The van der Waals surface area contributed by atoms with Crippen LogP contribution in [0.25, 0.3) is 0 Å². The topological polar surface area (TPSA) is 153 Å². The predicted octanol–water partition coefficient (Wildman–Crippen LogP) is 5.67. The third kappa shape index (κ3) is 9.25. The van der Waals surface area contributed by atoms with E-state index in [9.17, 15) is 24.5 Å². The lowest BCUT2D eigenvalue weighted by Gasteiger charge is -2.30. The van der Waals surface area contributed by atoms with Crippen molar-refractivity contribution in [3.63, 3.8) is 0 Å². The third-order valence-corrected chi connectivity index (χ3v) is 5.87. The Bertz CT molecular complexity index is 1260. The van der Waals surface area contributed by atoms with E-state index in [4.69, 9.17) is 28.4 Å². The highest BCUT2D eigenvalue weighted by atomic mass is 16.8. The summed E-state index contributed by atoms with van der Waals surface area (Å²) in [5, 5.41) is 10.9. The number of amides is 1. The van der Waals surface area contributed by atoms with E-state index >= 15 is 0 Å². The Morgan fingerprint density at radius 3 is 1.95 bits per heavy atom. The molecule has 13 nitrogen and oxygen atoms in total. The Kier molecular flexibility index (Phi) is 9.87. The summed E-state index contributed by atoms with van der Waals surface area (Å²) in [6.45, 7) is 9.97. The minimum Gasteiger partial charge on any atom is -0.497 e. The van der Waals surface area contributed by atoms with E-state index in [1.807, 2.05) is 0 Å². The van der Waals surface area contributed by atoms with Crippen molar-refractivity contribution in [3.8, 4) is 11.5 Å². The Morgan fingerprint density at radius 2 is 1.43 bits per heavy atom. The zero-order chi connectivity index (χ0) is 31.2. The van der Waals surface area contributed by atoms with Crippen LogP contribution in [0.15, 0.2) is 48.5 Å². The molecule has 1 unspecified atom stereocenters. The smallest absolute Gasteiger partial charge is 0.497 e. The predicted molar refractivity (Wildman–Crippen MR) is 149 cm³/mol. The van der Waals surface area contributed by atoms with Gasteiger partial charge >= 0.3 is 18.4 Å². The highest BCUT2D eigenvalue weighted by molar-refractivity contribution is 5.70. The van der Waals surface area contributed by atoms with E-state index in [0.29, 0.717) is 5.75 Å². The van der Waals surface area contributed by atoms with Gasteiger partial charge in [-0.05, 0) is 77.8 Å². The molecule has 42 heavy (non-hydrogen) atoms. The van der Waals surface area contributed by atoms with E-state index in [1.165, 1.54) is 36.3 Å². The molecule has 0 saturated carbocycles. The molecule has 2 aromatic carbocycles. The number of nitrogens with zero attached hydrogens (tertiary/aromatic N) is 2. The number of benzene rings is 2. The van der Waals surface area contributed by atoms with Crippen molar-refractivity contribution in [3.05, 3.63) is 64.2 Å². The van der Waals surface area contributed by atoms with Gasteiger partial charge in [-0.3, -0.25) is 15.0 Å². The van der Waals surface area contributed by atoms with Gasteiger partial charge in [0.1, 0.15) is 22.7 Å². The van der Waals surface area contributed by atoms with Gasteiger partial charge in [0.05, 0.1) is 24.6 Å². The van der Waals surface area contributed by atoms with Gasteiger partial charge in [0.15, 0.2) is 12.2 Å². The molecule has 3 rings (SSSR count). The summed E-state index contributed by atoms with van der Waals surface area (Å²) in [5.74, 6) is 0.615. The highest BCUT2D eigenvalue weighted by Gasteiger charge is 2.50. The van der Waals surface area contributed by atoms with Crippen LogP contribution in [0.4, 0.5) is 20.1 Å². The van der Waals surface area contributed by atoms with Gasteiger partial charge in [-0.25, -0.2) is 14.4 Å². The SMILES string of the molecule is COc1ccc(C[C@@H]2[C@H](OC(=O)Oc3ccc([N+](=O)[O-])cc3)C(OC(=O)OC(C)(C)C)CN2C(=O)OC(C)(C)C)cc1. The molecule has 1 saturated heterocycles. The number of nitro groups is 1. The molecule has 13 heteroatoms. The van der Waals surface area contributed by atoms with Crippen LogP contribution in [0.5, 0.6) is 11.5 Å². The molecule has 0 spiro atoms. The number of carbonyl (C=O) groups excluding carboxylic acids is 3. The van der Waals surface area contributed by atoms with Crippen LogP contribution in [0, 0.1) is 10.1 Å². The highest BCUT2D eigenvalue weighted by Crippen LogP contribution is 2.31. The second kappa shape index (κ2) is 13.0. The molecule has 1 heterocycles. The summed E-state index contributed by atoms with van der Waals surface area (Å²) < 4.78 is 32.6. The van der Waals surface area contributed by atoms with Crippen molar-refractivity contribution in [2.45, 2.75) is 77.4 Å². The lowest BCUT2D eigenvalue weighted by molar-refractivity contribution is -0.384. The summed E-state index contributed by atoms with van der Waals surface area (Å²) in [7, 11) is 1.54. The molecule has 0 aliphatic carbocycles. The second-order valence-electron chi connectivity index (χ2n) is 11.6. The summed E-state index contributed by atoms with van der Waals surface area (Å²) in [6.07, 6.45) is -5.03. The van der Waals surface area contributed by atoms with Crippen molar-refractivity contribution >= 4 is 24.1 Å². The second-order valence-corrected chi connectivity index (χ2v) is 11.6. The lowest BCUT2D eigenvalue weighted by Crippen LogP contribution is -2.45. The van der Waals surface area contributed by atoms with Crippen molar-refractivity contribution < 1.29 is 47.7 Å². The molecule has 0 radical (unpaired) electrons. The maximum atomic E-state index is 13.3. The molecule has 1 fully saturated rings. The van der Waals surface area contributed by atoms with Gasteiger partial charge in [0.25, 0.3) is 5.69 Å². The minimum absolute atomic E-state index is 0.0103. The number of likely N-dealkylation sites (tertiary alicyclic amines) is 1. The molecule has 2 aromatic rings. The largest absolute Gasteiger partial charge is 0.514 e. The van der Waals surface area contributed by atoms with E-state index in [0.717, 1.165) is 5.56 Å². The third-order valence-electron chi connectivity index (χ3n) is 5.87. The lowest BCUT2D eigenvalue weighted by atomic mass is 10.0. The first-order valence-electron chi connectivity index (χ1n) is 13.2. The maximum Gasteiger partial charge on any atom is 0.514 e. The Hall–Kier alpha value is -4.55. The van der Waals surface area contributed by atoms with Gasteiger partial charge < -0.3 is 28.4 Å². The first-order valence-corrected chi connectivity index (χ1v) is 13.2. The van der Waals surface area contributed by atoms with Crippen LogP contribution < -0.4 is 9.47 Å². The van der Waals surface area contributed by atoms with Gasteiger partial charge in [0.2, 0.25) is 0 Å². The van der Waals surface area contributed by atoms with Crippen molar-refractivity contribution in [2.75, 3.05) is 13.7 Å². The Labute approximate surface area is 243 Å². The number of carbonyl (C=O) groups is 3. The molecular weight excluding hydrogens is 552 g/mol. The van der Waals surface area contributed by atoms with Crippen molar-refractivity contribution in [1.82, 2.24) is 4.90 Å². The molecule has 1 aliphatic heterocycles. The van der Waals surface area contributed by atoms with Crippen LogP contribution in [0.2, 0.25) is 0 Å². The fraction of sp³-hybridized carbons (Fsp3) is 0.483. The number of rotatable bonds is 7. The number of ether oxygens (including phenoxy) is 6. The van der Waals surface area contributed by atoms with Gasteiger partial charge in [0, 0.05) is 12.1 Å². The zero-order valence-corrected chi connectivity index (χ0v) is 24.7. The monoisotopic (exact) mass is 588 g/mol. The molecule has 1 aliphatic rings. The van der Waals surface area contributed by atoms with Crippen LogP contribution >= 0.6 is 0 Å². The molecule has 228 valence electrons. The van der Waals surface area contributed by atoms with Gasteiger partial charge in [-0.15, -0.1) is 0 Å². The average molecular weight is 589 g/mol. The van der Waals surface area contributed by atoms with E-state index in [2.05, 4.69) is 0 Å². The molecule has 0 N–H and O–H groups in total. The van der Waals surface area contributed by atoms with E-state index in [1.54, 1.807) is 65.8 Å². The summed E-state index contributed by atoms with van der Waals surface area (Å²) >= 11 is 0. The number of hydrogen-bond donors (Lipinski definition) is 0. The van der Waals surface area contributed by atoms with Crippen LogP contribution in [0.3, 0.4) is 0 Å². The Morgan fingerprint density at radius 1 is 0.857 bits per heavy atom. The van der Waals surface area contributed by atoms with Crippen molar-refractivity contribution in [1.29, 1.82) is 0 Å². The normalized spacial score (nSPS) is 18.5. The number of nitro benzene ring substituents is 1. The quantitative estimate of drug-likeness (QED) is 0.129. The fourth-order valence-electron chi connectivity index (χ4n) is 4.14. The number of methoxy groups -OCH3 is 1. The first kappa shape index (κ1) is 32.0. The minimum atomic E-state index is -1.20. The number of hydrogen-bond acceptors (Lipinski definition) is 11. The van der Waals surface area contributed by atoms with Gasteiger partial charge in [-0.2, -0.15) is 0 Å². The van der Waals surface area contributed by atoms with Crippen LogP contribution in [0.1, 0.15) is 47.1 Å². The average Bonchev–Trinajstić information content (AvgIpc) is 3.18. The zero-order valence-electron chi connectivity index (χ0n) is 24.7. The Balaban J connectivity index is 1.93. The molecule has 3 atom stereocenters.